The molecule has 0 unspecified atom stereocenters. The van der Waals surface area contributed by atoms with Crippen LogP contribution in [-0.4, -0.2) is 22.2 Å². The van der Waals surface area contributed by atoms with Crippen molar-refractivity contribution in [1.29, 1.82) is 0 Å². The zero-order valence-corrected chi connectivity index (χ0v) is 10.5. The Morgan fingerprint density at radius 2 is 2.06 bits per heavy atom. The highest BCUT2D eigenvalue weighted by molar-refractivity contribution is 5.92. The lowest BCUT2D eigenvalue weighted by atomic mass is 10.1. The van der Waals surface area contributed by atoms with E-state index >= 15 is 0 Å². The highest BCUT2D eigenvalue weighted by Gasteiger charge is 2.07. The maximum atomic E-state index is 11.8. The highest BCUT2D eigenvalue weighted by atomic mass is 16.1. The van der Waals surface area contributed by atoms with Crippen molar-refractivity contribution in [2.45, 2.75) is 19.9 Å². The Labute approximate surface area is 107 Å². The van der Waals surface area contributed by atoms with Crippen LogP contribution < -0.4 is 5.32 Å². The van der Waals surface area contributed by atoms with Crippen LogP contribution in [0.4, 0.5) is 0 Å². The van der Waals surface area contributed by atoms with E-state index in [-0.39, 0.29) is 5.91 Å². The maximum absolute atomic E-state index is 11.8. The molecule has 0 fully saturated rings. The monoisotopic (exact) mass is 243 g/mol. The van der Waals surface area contributed by atoms with Crippen LogP contribution in [-0.2, 0) is 13.0 Å². The van der Waals surface area contributed by atoms with Crippen LogP contribution in [0.5, 0.6) is 0 Å². The molecule has 0 atom stereocenters. The number of aromatic nitrogens is 2. The molecule has 0 bridgehead atoms. The number of amides is 1. The zero-order valence-electron chi connectivity index (χ0n) is 10.5. The quantitative estimate of drug-likeness (QED) is 0.871. The second kappa shape index (κ2) is 6.00. The summed E-state index contributed by atoms with van der Waals surface area (Å²) in [6.07, 6.45) is 2.65. The second-order valence-corrected chi connectivity index (χ2v) is 4.05. The van der Waals surface area contributed by atoms with E-state index in [1.807, 2.05) is 31.3 Å². The minimum atomic E-state index is -0.113. The second-order valence-electron chi connectivity index (χ2n) is 4.05. The van der Waals surface area contributed by atoms with Gasteiger partial charge >= 0.3 is 0 Å². The number of aryl methyl sites for hydroxylation is 1. The third-order valence-corrected chi connectivity index (χ3v) is 2.74. The smallest absolute Gasteiger partial charge is 0.271 e. The summed E-state index contributed by atoms with van der Waals surface area (Å²) in [4.78, 5) is 11.8. The Balaban J connectivity index is 1.81. The molecule has 0 aliphatic carbocycles. The highest BCUT2D eigenvalue weighted by Crippen LogP contribution is 1.99. The van der Waals surface area contributed by atoms with Gasteiger partial charge in [-0.05, 0) is 25.0 Å². The number of benzene rings is 1. The fourth-order valence-corrected chi connectivity index (χ4v) is 1.71. The molecular weight excluding hydrogens is 226 g/mol. The average Bonchev–Trinajstić information content (AvgIpc) is 2.89. The topological polar surface area (TPSA) is 46.9 Å². The van der Waals surface area contributed by atoms with Crippen molar-refractivity contribution in [2.75, 3.05) is 6.54 Å². The van der Waals surface area contributed by atoms with Crippen LogP contribution in [0.3, 0.4) is 0 Å². The van der Waals surface area contributed by atoms with Crippen LogP contribution in [0.2, 0.25) is 0 Å². The fraction of sp³-hybridized carbons (Fsp3) is 0.286. The van der Waals surface area contributed by atoms with Gasteiger partial charge in [-0.25, -0.2) is 0 Å². The zero-order chi connectivity index (χ0) is 12.8. The Kier molecular flexibility index (Phi) is 4.12. The van der Waals surface area contributed by atoms with E-state index in [0.29, 0.717) is 12.2 Å². The summed E-state index contributed by atoms with van der Waals surface area (Å²) in [5.74, 6) is -0.113. The predicted molar refractivity (Wildman–Crippen MR) is 70.4 cm³/mol. The van der Waals surface area contributed by atoms with Crippen LogP contribution in [0.1, 0.15) is 23.0 Å². The number of hydrogen-bond donors (Lipinski definition) is 1. The minimum Gasteiger partial charge on any atom is -0.350 e. The van der Waals surface area contributed by atoms with E-state index in [4.69, 9.17) is 0 Å². The minimum absolute atomic E-state index is 0.113. The summed E-state index contributed by atoms with van der Waals surface area (Å²) in [7, 11) is 0. The summed E-state index contributed by atoms with van der Waals surface area (Å²) < 4.78 is 1.74. The van der Waals surface area contributed by atoms with Gasteiger partial charge in [0, 0.05) is 19.3 Å². The molecule has 0 saturated heterocycles. The lowest BCUT2D eigenvalue weighted by Gasteiger charge is -2.03. The van der Waals surface area contributed by atoms with Crippen LogP contribution in [0, 0.1) is 0 Å². The van der Waals surface area contributed by atoms with E-state index in [9.17, 15) is 4.79 Å². The predicted octanol–water partition coefficient (Wildman–Crippen LogP) is 1.88. The van der Waals surface area contributed by atoms with Crippen LogP contribution in [0.25, 0.3) is 0 Å². The van der Waals surface area contributed by atoms with Crippen molar-refractivity contribution in [3.63, 3.8) is 0 Å². The molecule has 0 aliphatic rings. The molecule has 0 spiro atoms. The first-order chi connectivity index (χ1) is 8.79. The summed E-state index contributed by atoms with van der Waals surface area (Å²) in [6, 6.07) is 11.8. The number of carbonyl (C=O) groups is 1. The van der Waals surface area contributed by atoms with Crippen molar-refractivity contribution in [1.82, 2.24) is 15.1 Å². The van der Waals surface area contributed by atoms with Gasteiger partial charge in [0.15, 0.2) is 0 Å². The molecule has 0 saturated carbocycles. The first-order valence-corrected chi connectivity index (χ1v) is 6.15. The molecule has 1 aromatic heterocycles. The molecule has 4 nitrogen and oxygen atoms in total. The van der Waals surface area contributed by atoms with Crippen molar-refractivity contribution < 1.29 is 4.79 Å². The van der Waals surface area contributed by atoms with Crippen molar-refractivity contribution >= 4 is 5.91 Å². The average molecular weight is 243 g/mol. The van der Waals surface area contributed by atoms with E-state index in [2.05, 4.69) is 22.5 Å². The SMILES string of the molecule is CCn1ccc(C(=O)NCCc2ccccc2)n1. The molecule has 1 amide bonds. The number of rotatable bonds is 5. The molecule has 1 heterocycles. The maximum Gasteiger partial charge on any atom is 0.271 e. The van der Waals surface area contributed by atoms with E-state index in [1.54, 1.807) is 10.7 Å². The van der Waals surface area contributed by atoms with E-state index < -0.39 is 0 Å². The number of nitrogens with one attached hydrogen (secondary N) is 1. The standard InChI is InChI=1S/C14H17N3O/c1-2-17-11-9-13(16-17)14(18)15-10-8-12-6-4-3-5-7-12/h3-7,9,11H,2,8,10H2,1H3,(H,15,18). The van der Waals surface area contributed by atoms with Gasteiger partial charge in [-0.1, -0.05) is 30.3 Å². The van der Waals surface area contributed by atoms with Crippen molar-refractivity contribution in [3.05, 3.63) is 53.9 Å². The van der Waals surface area contributed by atoms with E-state index in [1.165, 1.54) is 5.56 Å². The Bertz CT molecular complexity index is 505. The lowest BCUT2D eigenvalue weighted by Crippen LogP contribution is -2.26. The molecule has 2 rings (SSSR count). The van der Waals surface area contributed by atoms with Gasteiger partial charge in [0.25, 0.3) is 5.91 Å². The molecule has 4 heteroatoms. The van der Waals surface area contributed by atoms with Gasteiger partial charge in [0.1, 0.15) is 5.69 Å². The van der Waals surface area contributed by atoms with Crippen molar-refractivity contribution in [3.8, 4) is 0 Å². The van der Waals surface area contributed by atoms with Gasteiger partial charge in [0.2, 0.25) is 0 Å². The lowest BCUT2D eigenvalue weighted by molar-refractivity contribution is 0.0948. The third kappa shape index (κ3) is 3.20. The number of nitrogens with zero attached hydrogens (tertiary/aromatic N) is 2. The third-order valence-electron chi connectivity index (χ3n) is 2.74. The Hall–Kier alpha value is -2.10. The van der Waals surface area contributed by atoms with Crippen LogP contribution >= 0.6 is 0 Å². The Morgan fingerprint density at radius 1 is 1.28 bits per heavy atom. The summed E-state index contributed by atoms with van der Waals surface area (Å²) >= 11 is 0. The van der Waals surface area contributed by atoms with Crippen molar-refractivity contribution in [2.24, 2.45) is 0 Å². The molecule has 94 valence electrons. The first kappa shape index (κ1) is 12.4. The van der Waals surface area contributed by atoms with Gasteiger partial charge in [-0.15, -0.1) is 0 Å². The fourth-order valence-electron chi connectivity index (χ4n) is 1.71. The largest absolute Gasteiger partial charge is 0.350 e. The molecule has 18 heavy (non-hydrogen) atoms. The molecule has 1 aromatic carbocycles. The van der Waals surface area contributed by atoms with Crippen LogP contribution in [0.15, 0.2) is 42.6 Å². The van der Waals surface area contributed by atoms with Gasteiger partial charge < -0.3 is 5.32 Å². The molecular formula is C14H17N3O. The summed E-state index contributed by atoms with van der Waals surface area (Å²) in [5.41, 5.74) is 1.70. The summed E-state index contributed by atoms with van der Waals surface area (Å²) in [6.45, 7) is 3.39. The summed E-state index contributed by atoms with van der Waals surface area (Å²) in [5, 5.41) is 7.03. The van der Waals surface area contributed by atoms with Gasteiger partial charge in [-0.3, -0.25) is 9.48 Å². The number of carbonyl (C=O) groups excluding carboxylic acids is 1. The first-order valence-electron chi connectivity index (χ1n) is 6.15. The Morgan fingerprint density at radius 3 is 2.72 bits per heavy atom. The van der Waals surface area contributed by atoms with E-state index in [0.717, 1.165) is 13.0 Å². The normalized spacial score (nSPS) is 10.3. The van der Waals surface area contributed by atoms with Gasteiger partial charge in [0.05, 0.1) is 0 Å². The molecule has 1 N–H and O–H groups in total. The molecule has 0 aliphatic heterocycles. The molecule has 2 aromatic rings. The molecule has 0 radical (unpaired) electrons. The van der Waals surface area contributed by atoms with Gasteiger partial charge in [-0.2, -0.15) is 5.10 Å². The number of hydrogen-bond acceptors (Lipinski definition) is 2.